The number of benzene rings is 4. The zero-order valence-corrected chi connectivity index (χ0v) is 30.7. The van der Waals surface area contributed by atoms with E-state index in [-0.39, 0.29) is 42.3 Å². The maximum absolute atomic E-state index is 13.8. The summed E-state index contributed by atoms with van der Waals surface area (Å²) < 4.78 is 12.2. The van der Waals surface area contributed by atoms with Crippen molar-refractivity contribution in [3.05, 3.63) is 141 Å². The second-order valence-electron chi connectivity index (χ2n) is 15.1. The number of phenols is 1. The molecule has 4 aliphatic rings. The summed E-state index contributed by atoms with van der Waals surface area (Å²) in [6, 6.07) is 31.4. The molecular formula is C44H46N4O7. The predicted molar refractivity (Wildman–Crippen MR) is 208 cm³/mol. The number of amides is 1. The molecule has 284 valence electrons. The van der Waals surface area contributed by atoms with Gasteiger partial charge < -0.3 is 34.9 Å². The molecule has 9 rings (SSSR count). The predicted octanol–water partition coefficient (Wildman–Crippen LogP) is 4.60. The van der Waals surface area contributed by atoms with Crippen molar-refractivity contribution in [2.75, 3.05) is 39.3 Å². The van der Waals surface area contributed by atoms with Gasteiger partial charge in [0.1, 0.15) is 29.6 Å². The van der Waals surface area contributed by atoms with Gasteiger partial charge in [-0.3, -0.25) is 19.3 Å². The zero-order valence-electron chi connectivity index (χ0n) is 30.7. The van der Waals surface area contributed by atoms with Gasteiger partial charge in [-0.25, -0.2) is 0 Å². The van der Waals surface area contributed by atoms with Gasteiger partial charge >= 0.3 is 5.97 Å². The second kappa shape index (κ2) is 15.7. The Kier molecular flexibility index (Phi) is 10.4. The number of carbonyl (C=O) groups is 2. The molecule has 0 saturated carbocycles. The van der Waals surface area contributed by atoms with Gasteiger partial charge in [-0.05, 0) is 83.9 Å². The third-order valence-electron chi connectivity index (χ3n) is 11.5. The van der Waals surface area contributed by atoms with Gasteiger partial charge in [-0.15, -0.1) is 0 Å². The maximum atomic E-state index is 13.8. The quantitative estimate of drug-likeness (QED) is 0.127. The summed E-state index contributed by atoms with van der Waals surface area (Å²) in [5, 5.41) is 24.8. The van der Waals surface area contributed by atoms with Gasteiger partial charge in [-0.1, -0.05) is 72.8 Å². The molecular weight excluding hydrogens is 697 g/mol. The molecule has 55 heavy (non-hydrogen) atoms. The Morgan fingerprint density at radius 2 is 1.58 bits per heavy atom. The number of aliphatic hydroxyl groups excluding tert-OH is 1. The molecule has 11 nitrogen and oxygen atoms in total. The normalized spacial score (nSPS) is 20.5. The molecule has 4 aliphatic heterocycles. The Bertz CT molecular complexity index is 2190. The van der Waals surface area contributed by atoms with E-state index >= 15 is 0 Å². The standard InChI is InChI=1S/C44H46N4O7/c49-37-16-14-35(36-15-17-40(51)46-42(36)37)38(50)24-45-23-30-6-8-31(9-7-30)26-54-34-12-10-29(11-13-34)22-41(52)48-27-44(28-48,33-4-2-1-3-5-33)43(53)55-39-25-47-20-18-32(39)19-21-47/h1-17,32,38-39,45,49-50H,18-28H2,(H,46,51)/t38-,39-/m0/s1. The molecule has 11 heteroatoms. The lowest BCUT2D eigenvalue weighted by Gasteiger charge is -2.50. The van der Waals surface area contributed by atoms with Crippen LogP contribution in [0.5, 0.6) is 11.5 Å². The average molecular weight is 743 g/mol. The number of piperidine rings is 3. The highest BCUT2D eigenvalue weighted by Gasteiger charge is 2.54. The van der Waals surface area contributed by atoms with E-state index in [2.05, 4.69) is 15.2 Å². The van der Waals surface area contributed by atoms with Gasteiger partial charge in [0, 0.05) is 44.2 Å². The van der Waals surface area contributed by atoms with Crippen LogP contribution in [0.3, 0.4) is 0 Å². The summed E-state index contributed by atoms with van der Waals surface area (Å²) in [5.41, 5.74) is 3.57. The number of ether oxygens (including phenoxy) is 2. The average Bonchev–Trinajstić information content (AvgIpc) is 3.19. The Hall–Kier alpha value is -5.49. The number of aromatic nitrogens is 1. The molecule has 5 heterocycles. The number of pyridine rings is 1. The first-order valence-corrected chi connectivity index (χ1v) is 19.0. The number of rotatable bonds is 13. The molecule has 2 atom stereocenters. The van der Waals surface area contributed by atoms with Crippen molar-refractivity contribution >= 4 is 22.8 Å². The zero-order chi connectivity index (χ0) is 37.9. The fourth-order valence-electron chi connectivity index (χ4n) is 8.19. The van der Waals surface area contributed by atoms with Crippen molar-refractivity contribution < 1.29 is 29.3 Å². The van der Waals surface area contributed by atoms with Crippen molar-refractivity contribution in [3.63, 3.8) is 0 Å². The van der Waals surface area contributed by atoms with Gasteiger partial charge in [0.2, 0.25) is 11.5 Å². The topological polar surface area (TPSA) is 144 Å². The van der Waals surface area contributed by atoms with Crippen LogP contribution in [0.2, 0.25) is 0 Å². The molecule has 0 radical (unpaired) electrons. The van der Waals surface area contributed by atoms with Crippen LogP contribution in [-0.2, 0) is 39.3 Å². The Balaban J connectivity index is 0.797. The van der Waals surface area contributed by atoms with Crippen LogP contribution in [-0.4, -0.2) is 82.2 Å². The van der Waals surface area contributed by atoms with Gasteiger partial charge in [0.05, 0.1) is 18.0 Å². The highest BCUT2D eigenvalue weighted by atomic mass is 16.5. The van der Waals surface area contributed by atoms with Crippen molar-refractivity contribution in [1.29, 1.82) is 0 Å². The summed E-state index contributed by atoms with van der Waals surface area (Å²) in [7, 11) is 0. The van der Waals surface area contributed by atoms with Gasteiger partial charge in [0.15, 0.2) is 0 Å². The number of H-pyrrole nitrogens is 1. The first-order valence-electron chi connectivity index (χ1n) is 19.0. The molecule has 4 fully saturated rings. The van der Waals surface area contributed by atoms with Crippen molar-refractivity contribution in [2.45, 2.75) is 50.0 Å². The third-order valence-corrected chi connectivity index (χ3v) is 11.5. The number of nitrogens with one attached hydrogen (secondary N) is 2. The lowest BCUT2D eigenvalue weighted by Crippen LogP contribution is -2.66. The Morgan fingerprint density at radius 3 is 2.29 bits per heavy atom. The number of aromatic hydroxyl groups is 1. The summed E-state index contributed by atoms with van der Waals surface area (Å²) in [5.74, 6) is 0.839. The van der Waals surface area contributed by atoms with Crippen LogP contribution in [0, 0.1) is 5.92 Å². The highest BCUT2D eigenvalue weighted by molar-refractivity contribution is 5.90. The minimum Gasteiger partial charge on any atom is -0.506 e. The number of hydrogen-bond acceptors (Lipinski definition) is 9. The molecule has 0 spiro atoms. The summed E-state index contributed by atoms with van der Waals surface area (Å²) in [4.78, 5) is 45.6. The fraction of sp³-hybridized carbons (Fsp3) is 0.341. The molecule has 4 aromatic carbocycles. The van der Waals surface area contributed by atoms with E-state index in [0.717, 1.165) is 54.7 Å². The largest absolute Gasteiger partial charge is 0.506 e. The number of likely N-dealkylation sites (tertiary alicyclic amines) is 1. The van der Waals surface area contributed by atoms with Crippen molar-refractivity contribution in [3.8, 4) is 11.5 Å². The smallest absolute Gasteiger partial charge is 0.320 e. The SMILES string of the molecule is O=C(Cc1ccc(OCc2ccc(CNC[C@H](O)c3ccc(O)c4[nH]c(=O)ccc34)cc2)cc1)N1CC(C(=O)O[C@H]2CN3CCC2CC3)(c2ccccc2)C1. The monoisotopic (exact) mass is 742 g/mol. The Labute approximate surface area is 319 Å². The van der Waals surface area contributed by atoms with E-state index in [9.17, 15) is 24.6 Å². The molecule has 0 aliphatic carbocycles. The summed E-state index contributed by atoms with van der Waals surface area (Å²) in [6.07, 6.45) is 1.46. The Morgan fingerprint density at radius 1 is 0.873 bits per heavy atom. The van der Waals surface area contributed by atoms with E-state index in [4.69, 9.17) is 9.47 Å². The van der Waals surface area contributed by atoms with E-state index in [1.54, 1.807) is 17.0 Å². The second-order valence-corrected chi connectivity index (χ2v) is 15.1. The lowest BCUT2D eigenvalue weighted by molar-refractivity contribution is -0.175. The number of aliphatic hydroxyl groups is 1. The molecule has 4 N–H and O–H groups in total. The minimum atomic E-state index is -0.841. The van der Waals surface area contributed by atoms with E-state index in [1.807, 2.05) is 78.9 Å². The van der Waals surface area contributed by atoms with Crippen LogP contribution in [0.25, 0.3) is 10.9 Å². The van der Waals surface area contributed by atoms with Crippen LogP contribution in [0.4, 0.5) is 0 Å². The van der Waals surface area contributed by atoms with Crippen LogP contribution in [0.15, 0.2) is 108 Å². The van der Waals surface area contributed by atoms with Crippen LogP contribution < -0.4 is 15.6 Å². The fourth-order valence-corrected chi connectivity index (χ4v) is 8.19. The third kappa shape index (κ3) is 7.86. The first-order chi connectivity index (χ1) is 26.7. The number of fused-ring (bicyclic) bond motifs is 4. The first kappa shape index (κ1) is 36.5. The minimum absolute atomic E-state index is 0.0219. The molecule has 4 saturated heterocycles. The lowest BCUT2D eigenvalue weighted by atomic mass is 9.73. The number of hydrogen-bond donors (Lipinski definition) is 4. The number of aromatic amines is 1. The van der Waals surface area contributed by atoms with E-state index in [1.165, 1.54) is 12.1 Å². The van der Waals surface area contributed by atoms with E-state index < -0.39 is 11.5 Å². The van der Waals surface area contributed by atoms with E-state index in [0.29, 0.717) is 54.4 Å². The number of esters is 1. The summed E-state index contributed by atoms with van der Waals surface area (Å²) in [6.45, 7) is 4.79. The van der Waals surface area contributed by atoms with Crippen molar-refractivity contribution in [1.82, 2.24) is 20.1 Å². The number of phenolic OH excluding ortho intramolecular Hbond substituents is 1. The van der Waals surface area contributed by atoms with Crippen LogP contribution >= 0.6 is 0 Å². The number of nitrogens with zero attached hydrogens (tertiary/aromatic N) is 2. The number of carbonyl (C=O) groups excluding carboxylic acids is 2. The van der Waals surface area contributed by atoms with Gasteiger partial charge in [-0.2, -0.15) is 0 Å². The van der Waals surface area contributed by atoms with Crippen LogP contribution in [0.1, 0.15) is 46.8 Å². The van der Waals surface area contributed by atoms with Gasteiger partial charge in [0.25, 0.3) is 0 Å². The van der Waals surface area contributed by atoms with Crippen molar-refractivity contribution in [2.24, 2.45) is 5.92 Å². The molecule has 2 bridgehead atoms. The molecule has 0 unspecified atom stereocenters. The molecule has 1 aromatic heterocycles. The highest BCUT2D eigenvalue weighted by Crippen LogP contribution is 2.39. The molecule has 5 aromatic rings. The maximum Gasteiger partial charge on any atom is 0.320 e. The summed E-state index contributed by atoms with van der Waals surface area (Å²) >= 11 is 0. The molecule has 1 amide bonds.